The number of hydrogen-bond acceptors (Lipinski definition) is 3. The maximum atomic E-state index is 12.1. The highest BCUT2D eigenvalue weighted by Crippen LogP contribution is 2.62. The molecule has 3 aliphatic rings. The van der Waals surface area contributed by atoms with Crippen LogP contribution >= 0.6 is 0 Å². The fourth-order valence-corrected chi connectivity index (χ4v) is 4.80. The Morgan fingerprint density at radius 1 is 1.26 bits per heavy atom. The Balaban J connectivity index is 1.80. The van der Waals surface area contributed by atoms with Gasteiger partial charge in [0.2, 0.25) is 11.8 Å². The van der Waals surface area contributed by atoms with E-state index in [1.807, 2.05) is 0 Å². The molecule has 3 rings (SSSR count). The van der Waals surface area contributed by atoms with Gasteiger partial charge in [-0.15, -0.1) is 0 Å². The summed E-state index contributed by atoms with van der Waals surface area (Å²) in [6, 6.07) is 0.0324. The lowest BCUT2D eigenvalue weighted by molar-refractivity contribution is -0.137. The van der Waals surface area contributed by atoms with E-state index in [4.69, 9.17) is 0 Å². The second-order valence-corrected chi connectivity index (χ2v) is 7.56. The van der Waals surface area contributed by atoms with Crippen LogP contribution in [0.1, 0.15) is 46.5 Å². The Hall–Kier alpha value is -0.900. The summed E-state index contributed by atoms with van der Waals surface area (Å²) in [5.41, 5.74) is 0.510. The molecular formula is C15H24N2O2. The van der Waals surface area contributed by atoms with Crippen molar-refractivity contribution in [2.24, 2.45) is 16.7 Å². The van der Waals surface area contributed by atoms with E-state index in [1.54, 1.807) is 7.05 Å². The third-order valence-electron chi connectivity index (χ3n) is 6.02. The Kier molecular flexibility index (Phi) is 2.63. The van der Waals surface area contributed by atoms with Gasteiger partial charge in [-0.2, -0.15) is 0 Å². The predicted octanol–water partition coefficient (Wildman–Crippen LogP) is 1.55. The minimum absolute atomic E-state index is 0.0615. The highest BCUT2D eigenvalue weighted by molar-refractivity contribution is 6.05. The first-order chi connectivity index (χ1) is 8.75. The molecule has 1 N–H and O–H groups in total. The van der Waals surface area contributed by atoms with Crippen molar-refractivity contribution in [1.82, 2.24) is 10.2 Å². The molecule has 4 heteroatoms. The number of carbonyl (C=O) groups excluding carboxylic acids is 2. The van der Waals surface area contributed by atoms with Gasteiger partial charge in [-0.3, -0.25) is 14.5 Å². The van der Waals surface area contributed by atoms with Crippen LogP contribution in [0.2, 0.25) is 0 Å². The number of imide groups is 1. The monoisotopic (exact) mass is 264 g/mol. The molecule has 0 aromatic carbocycles. The molecule has 0 aromatic heterocycles. The number of fused-ring (bicyclic) bond motifs is 2. The van der Waals surface area contributed by atoms with E-state index >= 15 is 0 Å². The second kappa shape index (κ2) is 3.81. The van der Waals surface area contributed by atoms with E-state index in [-0.39, 0.29) is 23.3 Å². The third-order valence-corrected chi connectivity index (χ3v) is 6.02. The van der Waals surface area contributed by atoms with Crippen LogP contribution in [0.25, 0.3) is 0 Å². The SMILES string of the molecule is CN1C(=O)CC(NC2C3(C)CCC(C3)C2(C)C)C1=O. The van der Waals surface area contributed by atoms with Gasteiger partial charge < -0.3 is 5.32 Å². The Bertz CT molecular complexity index is 441. The number of likely N-dealkylation sites (tertiary alicyclic amines) is 1. The van der Waals surface area contributed by atoms with Gasteiger partial charge in [-0.1, -0.05) is 20.8 Å². The number of likely N-dealkylation sites (N-methyl/N-ethyl adjacent to an activating group) is 1. The van der Waals surface area contributed by atoms with Crippen molar-refractivity contribution in [2.45, 2.75) is 58.5 Å². The van der Waals surface area contributed by atoms with Gasteiger partial charge in [0.1, 0.15) is 0 Å². The number of nitrogens with one attached hydrogen (secondary N) is 1. The van der Waals surface area contributed by atoms with E-state index in [2.05, 4.69) is 26.1 Å². The van der Waals surface area contributed by atoms with E-state index in [0.29, 0.717) is 17.9 Å². The maximum Gasteiger partial charge on any atom is 0.246 e. The van der Waals surface area contributed by atoms with Crippen LogP contribution in [-0.2, 0) is 9.59 Å². The van der Waals surface area contributed by atoms with Crippen LogP contribution in [-0.4, -0.2) is 35.8 Å². The fraction of sp³-hybridized carbons (Fsp3) is 0.867. The van der Waals surface area contributed by atoms with Gasteiger partial charge >= 0.3 is 0 Å². The number of hydrogen-bond donors (Lipinski definition) is 1. The van der Waals surface area contributed by atoms with Crippen LogP contribution in [0.3, 0.4) is 0 Å². The van der Waals surface area contributed by atoms with E-state index in [0.717, 1.165) is 5.92 Å². The predicted molar refractivity (Wildman–Crippen MR) is 72.3 cm³/mol. The van der Waals surface area contributed by atoms with Gasteiger partial charge in [0.15, 0.2) is 0 Å². The van der Waals surface area contributed by atoms with Crippen molar-refractivity contribution >= 4 is 11.8 Å². The average molecular weight is 264 g/mol. The molecule has 0 radical (unpaired) electrons. The smallest absolute Gasteiger partial charge is 0.246 e. The number of carbonyl (C=O) groups is 2. The largest absolute Gasteiger partial charge is 0.302 e. The summed E-state index contributed by atoms with van der Waals surface area (Å²) in [7, 11) is 1.58. The van der Waals surface area contributed by atoms with Gasteiger partial charge in [0, 0.05) is 13.1 Å². The molecule has 0 aromatic rings. The van der Waals surface area contributed by atoms with E-state index in [9.17, 15) is 9.59 Å². The van der Waals surface area contributed by atoms with E-state index in [1.165, 1.54) is 24.2 Å². The molecule has 4 unspecified atom stereocenters. The molecule has 19 heavy (non-hydrogen) atoms. The second-order valence-electron chi connectivity index (χ2n) is 7.56. The van der Waals surface area contributed by atoms with Gasteiger partial charge in [0.05, 0.1) is 12.5 Å². The summed E-state index contributed by atoms with van der Waals surface area (Å²) < 4.78 is 0. The van der Waals surface area contributed by atoms with Gasteiger partial charge in [0.25, 0.3) is 0 Å². The molecule has 1 aliphatic heterocycles. The number of amides is 2. The molecular weight excluding hydrogens is 240 g/mol. The normalized spacial score (nSPS) is 44.4. The number of rotatable bonds is 2. The standard InChI is InChI=1S/C15H24N2O2/c1-14(2)9-5-6-15(3,8-9)13(14)16-10-7-11(18)17(4)12(10)19/h9-10,13,16H,5-8H2,1-4H3. The Labute approximate surface area is 114 Å². The first-order valence-corrected chi connectivity index (χ1v) is 7.32. The zero-order chi connectivity index (χ0) is 14.0. The van der Waals surface area contributed by atoms with Crippen molar-refractivity contribution in [3.8, 4) is 0 Å². The minimum Gasteiger partial charge on any atom is -0.302 e. The maximum absolute atomic E-state index is 12.1. The Morgan fingerprint density at radius 3 is 2.42 bits per heavy atom. The molecule has 1 saturated heterocycles. The number of nitrogens with zero attached hydrogens (tertiary/aromatic N) is 1. The molecule has 2 bridgehead atoms. The minimum atomic E-state index is -0.307. The molecule has 4 atom stereocenters. The van der Waals surface area contributed by atoms with Crippen LogP contribution in [0, 0.1) is 16.7 Å². The quantitative estimate of drug-likeness (QED) is 0.770. The van der Waals surface area contributed by atoms with Crippen molar-refractivity contribution < 1.29 is 9.59 Å². The van der Waals surface area contributed by atoms with E-state index < -0.39 is 0 Å². The van der Waals surface area contributed by atoms with Crippen molar-refractivity contribution in [3.63, 3.8) is 0 Å². The van der Waals surface area contributed by atoms with Gasteiger partial charge in [-0.25, -0.2) is 0 Å². The zero-order valence-electron chi connectivity index (χ0n) is 12.3. The molecule has 2 amide bonds. The average Bonchev–Trinajstić information content (AvgIpc) is 2.89. The first-order valence-electron chi connectivity index (χ1n) is 7.32. The van der Waals surface area contributed by atoms with Crippen LogP contribution in [0.5, 0.6) is 0 Å². The topological polar surface area (TPSA) is 49.4 Å². The lowest BCUT2D eigenvalue weighted by Crippen LogP contribution is -2.55. The van der Waals surface area contributed by atoms with Gasteiger partial charge in [-0.05, 0) is 36.0 Å². The molecule has 2 saturated carbocycles. The summed E-state index contributed by atoms with van der Waals surface area (Å²) in [6.45, 7) is 6.96. The fourth-order valence-electron chi connectivity index (χ4n) is 4.80. The molecule has 4 nitrogen and oxygen atoms in total. The third kappa shape index (κ3) is 1.69. The molecule has 1 heterocycles. The van der Waals surface area contributed by atoms with Crippen molar-refractivity contribution in [2.75, 3.05) is 7.05 Å². The summed E-state index contributed by atoms with van der Waals surface area (Å²) in [5.74, 6) is 0.626. The lowest BCUT2D eigenvalue weighted by Gasteiger charge is -2.44. The highest BCUT2D eigenvalue weighted by Gasteiger charge is 2.60. The van der Waals surface area contributed by atoms with Crippen LogP contribution in [0.4, 0.5) is 0 Å². The summed E-state index contributed by atoms with van der Waals surface area (Å²) >= 11 is 0. The lowest BCUT2D eigenvalue weighted by atomic mass is 9.68. The first kappa shape index (κ1) is 13.1. The molecule has 106 valence electrons. The van der Waals surface area contributed by atoms with Crippen molar-refractivity contribution in [3.05, 3.63) is 0 Å². The molecule has 2 aliphatic carbocycles. The van der Waals surface area contributed by atoms with Crippen LogP contribution < -0.4 is 5.32 Å². The highest BCUT2D eigenvalue weighted by atomic mass is 16.2. The van der Waals surface area contributed by atoms with Crippen molar-refractivity contribution in [1.29, 1.82) is 0 Å². The summed E-state index contributed by atoms with van der Waals surface area (Å²) in [5, 5.41) is 3.54. The van der Waals surface area contributed by atoms with Crippen LogP contribution in [0.15, 0.2) is 0 Å². The molecule has 3 fully saturated rings. The summed E-state index contributed by atoms with van der Waals surface area (Å²) in [6.07, 6.45) is 4.12. The summed E-state index contributed by atoms with van der Waals surface area (Å²) in [4.78, 5) is 25.0. The molecule has 0 spiro atoms. The Morgan fingerprint density at radius 2 is 1.95 bits per heavy atom. The zero-order valence-corrected chi connectivity index (χ0v) is 12.3.